The van der Waals surface area contributed by atoms with Gasteiger partial charge in [-0.1, -0.05) is 18.2 Å². The lowest BCUT2D eigenvalue weighted by Gasteiger charge is -2.04. The molecule has 21 heavy (non-hydrogen) atoms. The Kier molecular flexibility index (Phi) is 3.62. The molecule has 0 saturated heterocycles. The van der Waals surface area contributed by atoms with Crippen molar-refractivity contribution < 1.29 is 4.74 Å². The number of aryl methyl sites for hydroxylation is 1. The Morgan fingerprint density at radius 2 is 1.81 bits per heavy atom. The van der Waals surface area contributed by atoms with E-state index in [1.54, 1.807) is 7.11 Å². The van der Waals surface area contributed by atoms with Crippen LogP contribution in [0.25, 0.3) is 11.0 Å². The molecule has 0 bridgehead atoms. The minimum atomic E-state index is 0.542. The molecule has 1 aromatic heterocycles. The zero-order chi connectivity index (χ0) is 14.8. The molecule has 4 nitrogen and oxygen atoms in total. The molecule has 1 heterocycles. The number of methoxy groups -OCH3 is 1. The first-order valence-electron chi connectivity index (χ1n) is 6.98. The Morgan fingerprint density at radius 1 is 1.10 bits per heavy atom. The number of rotatable bonds is 4. The highest BCUT2D eigenvalue weighted by Gasteiger charge is 2.09. The van der Waals surface area contributed by atoms with E-state index in [4.69, 9.17) is 15.5 Å². The summed E-state index contributed by atoms with van der Waals surface area (Å²) < 4.78 is 7.32. The van der Waals surface area contributed by atoms with E-state index in [2.05, 4.69) is 41.9 Å². The second-order valence-corrected chi connectivity index (χ2v) is 5.14. The second-order valence-electron chi connectivity index (χ2n) is 5.14. The highest BCUT2D eigenvalue weighted by atomic mass is 16.5. The van der Waals surface area contributed by atoms with Crippen LogP contribution in [-0.2, 0) is 20.0 Å². The Hall–Kier alpha value is -2.33. The van der Waals surface area contributed by atoms with Crippen molar-refractivity contribution in [2.45, 2.75) is 13.0 Å². The molecule has 2 N–H and O–H groups in total. The van der Waals surface area contributed by atoms with Crippen LogP contribution in [0.3, 0.4) is 0 Å². The van der Waals surface area contributed by atoms with Crippen LogP contribution in [0, 0.1) is 0 Å². The molecule has 3 rings (SSSR count). The molecule has 0 aliphatic rings. The van der Waals surface area contributed by atoms with E-state index in [-0.39, 0.29) is 0 Å². The van der Waals surface area contributed by atoms with E-state index in [1.165, 1.54) is 5.56 Å². The third-order valence-corrected chi connectivity index (χ3v) is 3.79. The molecular formula is C17H19N3O. The van der Waals surface area contributed by atoms with E-state index in [0.29, 0.717) is 6.54 Å². The Balaban J connectivity index is 1.94. The van der Waals surface area contributed by atoms with E-state index < -0.39 is 0 Å². The summed E-state index contributed by atoms with van der Waals surface area (Å²) in [4.78, 5) is 4.73. The highest BCUT2D eigenvalue weighted by molar-refractivity contribution is 5.77. The Morgan fingerprint density at radius 3 is 2.48 bits per heavy atom. The second kappa shape index (κ2) is 5.58. The van der Waals surface area contributed by atoms with Crippen LogP contribution in [0.5, 0.6) is 5.75 Å². The van der Waals surface area contributed by atoms with Gasteiger partial charge in [0.05, 0.1) is 18.1 Å². The molecule has 2 aromatic carbocycles. The number of aromatic nitrogens is 2. The van der Waals surface area contributed by atoms with Gasteiger partial charge in [0.2, 0.25) is 0 Å². The average Bonchev–Trinajstić information content (AvgIpc) is 2.83. The van der Waals surface area contributed by atoms with Gasteiger partial charge in [-0.25, -0.2) is 4.98 Å². The van der Waals surface area contributed by atoms with Gasteiger partial charge in [-0.2, -0.15) is 0 Å². The molecule has 3 aromatic rings. The van der Waals surface area contributed by atoms with Crippen molar-refractivity contribution in [3.05, 3.63) is 59.4 Å². The summed E-state index contributed by atoms with van der Waals surface area (Å²) in [6, 6.07) is 14.3. The molecule has 0 amide bonds. The number of hydrogen-bond donors (Lipinski definition) is 1. The SMILES string of the molecule is COc1ccc(Cc2nc3cc(CN)ccc3n2C)cc1. The van der Waals surface area contributed by atoms with Crippen molar-refractivity contribution in [2.24, 2.45) is 12.8 Å². The molecule has 4 heteroatoms. The predicted octanol–water partition coefficient (Wildman–Crippen LogP) is 2.63. The van der Waals surface area contributed by atoms with E-state index >= 15 is 0 Å². The summed E-state index contributed by atoms with van der Waals surface area (Å²) >= 11 is 0. The van der Waals surface area contributed by atoms with Crippen LogP contribution >= 0.6 is 0 Å². The average molecular weight is 281 g/mol. The number of nitrogens with zero attached hydrogens (tertiary/aromatic N) is 2. The molecule has 0 radical (unpaired) electrons. The number of hydrogen-bond acceptors (Lipinski definition) is 3. The molecule has 0 aliphatic heterocycles. The van der Waals surface area contributed by atoms with E-state index in [1.807, 2.05) is 12.1 Å². The van der Waals surface area contributed by atoms with Crippen LogP contribution in [0.1, 0.15) is 17.0 Å². The summed E-state index contributed by atoms with van der Waals surface area (Å²) in [5.41, 5.74) is 10.2. The maximum atomic E-state index is 5.69. The van der Waals surface area contributed by atoms with Gasteiger partial charge in [0.1, 0.15) is 11.6 Å². The van der Waals surface area contributed by atoms with Gasteiger partial charge in [0.25, 0.3) is 0 Å². The van der Waals surface area contributed by atoms with Crippen molar-refractivity contribution in [3.8, 4) is 5.75 Å². The maximum Gasteiger partial charge on any atom is 0.118 e. The van der Waals surface area contributed by atoms with Crippen LogP contribution in [0.15, 0.2) is 42.5 Å². The standard InChI is InChI=1S/C17H19N3O/c1-20-16-8-5-13(11-18)9-15(16)19-17(20)10-12-3-6-14(21-2)7-4-12/h3-9H,10-11,18H2,1-2H3. The van der Waals surface area contributed by atoms with Crippen molar-refractivity contribution >= 4 is 11.0 Å². The molecule has 0 aliphatic carbocycles. The predicted molar refractivity (Wildman–Crippen MR) is 84.4 cm³/mol. The largest absolute Gasteiger partial charge is 0.497 e. The van der Waals surface area contributed by atoms with Gasteiger partial charge < -0.3 is 15.0 Å². The monoisotopic (exact) mass is 281 g/mol. The zero-order valence-electron chi connectivity index (χ0n) is 12.3. The van der Waals surface area contributed by atoms with Gasteiger partial charge in [-0.05, 0) is 35.4 Å². The molecule has 0 spiro atoms. The van der Waals surface area contributed by atoms with Crippen LogP contribution in [0.2, 0.25) is 0 Å². The highest BCUT2D eigenvalue weighted by Crippen LogP contribution is 2.20. The van der Waals surface area contributed by atoms with Crippen molar-refractivity contribution in [1.29, 1.82) is 0 Å². The maximum absolute atomic E-state index is 5.69. The number of fused-ring (bicyclic) bond motifs is 1. The molecule has 0 atom stereocenters. The fourth-order valence-electron chi connectivity index (χ4n) is 2.51. The lowest BCUT2D eigenvalue weighted by atomic mass is 10.1. The first-order chi connectivity index (χ1) is 10.2. The normalized spacial score (nSPS) is 11.0. The first-order valence-corrected chi connectivity index (χ1v) is 6.98. The quantitative estimate of drug-likeness (QED) is 0.800. The number of imidazole rings is 1. The fraction of sp³-hybridized carbons (Fsp3) is 0.235. The minimum Gasteiger partial charge on any atom is -0.497 e. The van der Waals surface area contributed by atoms with Gasteiger partial charge in [-0.3, -0.25) is 0 Å². The number of benzene rings is 2. The fourth-order valence-corrected chi connectivity index (χ4v) is 2.51. The summed E-state index contributed by atoms with van der Waals surface area (Å²) in [7, 11) is 3.73. The van der Waals surface area contributed by atoms with Gasteiger partial charge in [-0.15, -0.1) is 0 Å². The van der Waals surface area contributed by atoms with Crippen LogP contribution in [-0.4, -0.2) is 16.7 Å². The van der Waals surface area contributed by atoms with Gasteiger partial charge in [0, 0.05) is 20.0 Å². The first kappa shape index (κ1) is 13.6. The molecular weight excluding hydrogens is 262 g/mol. The van der Waals surface area contributed by atoms with E-state index in [0.717, 1.165) is 34.6 Å². The Labute approximate surface area is 124 Å². The van der Waals surface area contributed by atoms with Crippen LogP contribution < -0.4 is 10.5 Å². The molecule has 108 valence electrons. The third-order valence-electron chi connectivity index (χ3n) is 3.79. The van der Waals surface area contributed by atoms with Crippen molar-refractivity contribution in [2.75, 3.05) is 7.11 Å². The van der Waals surface area contributed by atoms with Crippen LogP contribution in [0.4, 0.5) is 0 Å². The summed E-state index contributed by atoms with van der Waals surface area (Å²) in [6.45, 7) is 0.542. The third kappa shape index (κ3) is 2.62. The van der Waals surface area contributed by atoms with Crippen molar-refractivity contribution in [3.63, 3.8) is 0 Å². The minimum absolute atomic E-state index is 0.542. The zero-order valence-corrected chi connectivity index (χ0v) is 12.3. The smallest absolute Gasteiger partial charge is 0.118 e. The van der Waals surface area contributed by atoms with Gasteiger partial charge in [0.15, 0.2) is 0 Å². The summed E-state index contributed by atoms with van der Waals surface area (Å²) in [5, 5.41) is 0. The number of ether oxygens (including phenoxy) is 1. The summed E-state index contributed by atoms with van der Waals surface area (Å²) in [5.74, 6) is 1.92. The Bertz CT molecular complexity index is 760. The lowest BCUT2D eigenvalue weighted by Crippen LogP contribution is -1.99. The molecule has 0 saturated carbocycles. The molecule has 0 fully saturated rings. The summed E-state index contributed by atoms with van der Waals surface area (Å²) in [6.07, 6.45) is 0.799. The van der Waals surface area contributed by atoms with Gasteiger partial charge >= 0.3 is 0 Å². The van der Waals surface area contributed by atoms with E-state index in [9.17, 15) is 0 Å². The molecule has 0 unspecified atom stereocenters. The van der Waals surface area contributed by atoms with Crippen molar-refractivity contribution in [1.82, 2.24) is 9.55 Å². The lowest BCUT2D eigenvalue weighted by molar-refractivity contribution is 0.414. The topological polar surface area (TPSA) is 53.1 Å². The number of nitrogens with two attached hydrogens (primary N) is 1.